The lowest BCUT2D eigenvalue weighted by Gasteiger charge is -2.29. The van der Waals surface area contributed by atoms with Gasteiger partial charge in [0.25, 0.3) is 0 Å². The van der Waals surface area contributed by atoms with Crippen LogP contribution in [0.1, 0.15) is 43.1 Å². The maximum atomic E-state index is 12.6. The zero-order valence-corrected chi connectivity index (χ0v) is 15.4. The summed E-state index contributed by atoms with van der Waals surface area (Å²) >= 11 is 0. The zero-order valence-electron chi connectivity index (χ0n) is 15.4. The molecule has 1 aromatic heterocycles. The molecule has 0 saturated carbocycles. The van der Waals surface area contributed by atoms with Gasteiger partial charge in [-0.2, -0.15) is 5.10 Å². The van der Waals surface area contributed by atoms with Crippen molar-refractivity contribution in [3.63, 3.8) is 0 Å². The SMILES string of the molecule is CCC(C)n1nc(NC(=O)N2CCc3c(cccc3OC)C2)cc1C. The third kappa shape index (κ3) is 3.48. The molecule has 2 amide bonds. The highest BCUT2D eigenvalue weighted by Gasteiger charge is 2.23. The first-order valence-electron chi connectivity index (χ1n) is 8.80. The van der Waals surface area contributed by atoms with Crippen molar-refractivity contribution >= 4 is 11.8 Å². The minimum Gasteiger partial charge on any atom is -0.496 e. The Morgan fingerprint density at radius 2 is 2.24 bits per heavy atom. The van der Waals surface area contributed by atoms with Crippen molar-refractivity contribution in [3.05, 3.63) is 41.1 Å². The summed E-state index contributed by atoms with van der Waals surface area (Å²) in [5.74, 6) is 1.51. The van der Waals surface area contributed by atoms with Gasteiger partial charge < -0.3 is 9.64 Å². The number of urea groups is 1. The number of nitrogens with one attached hydrogen (secondary N) is 1. The molecule has 0 radical (unpaired) electrons. The van der Waals surface area contributed by atoms with Gasteiger partial charge in [0.2, 0.25) is 0 Å². The number of ether oxygens (including phenoxy) is 1. The average Bonchev–Trinajstić information content (AvgIpc) is 3.00. The molecule has 1 N–H and O–H groups in total. The summed E-state index contributed by atoms with van der Waals surface area (Å²) in [7, 11) is 1.69. The predicted molar refractivity (Wildman–Crippen MR) is 98.1 cm³/mol. The number of hydrogen-bond acceptors (Lipinski definition) is 3. The molecule has 1 aliphatic heterocycles. The van der Waals surface area contributed by atoms with E-state index in [1.54, 1.807) is 7.11 Å². The lowest BCUT2D eigenvalue weighted by atomic mass is 9.99. The minimum absolute atomic E-state index is 0.109. The summed E-state index contributed by atoms with van der Waals surface area (Å²) in [5, 5.41) is 7.46. The van der Waals surface area contributed by atoms with Crippen LogP contribution < -0.4 is 10.1 Å². The second-order valence-corrected chi connectivity index (χ2v) is 6.57. The molecular formula is C19H26N4O2. The fourth-order valence-electron chi connectivity index (χ4n) is 3.30. The number of fused-ring (bicyclic) bond motifs is 1. The van der Waals surface area contributed by atoms with E-state index < -0.39 is 0 Å². The number of carbonyl (C=O) groups is 1. The molecule has 0 spiro atoms. The molecule has 2 aromatic rings. The highest BCUT2D eigenvalue weighted by Crippen LogP contribution is 2.28. The second-order valence-electron chi connectivity index (χ2n) is 6.57. The fourth-order valence-corrected chi connectivity index (χ4v) is 3.30. The molecule has 0 saturated heterocycles. The number of hydrogen-bond donors (Lipinski definition) is 1. The zero-order chi connectivity index (χ0) is 18.0. The third-order valence-corrected chi connectivity index (χ3v) is 4.90. The molecule has 0 bridgehead atoms. The van der Waals surface area contributed by atoms with Gasteiger partial charge in [-0.15, -0.1) is 0 Å². The van der Waals surface area contributed by atoms with Crippen molar-refractivity contribution in [1.29, 1.82) is 0 Å². The molecule has 2 heterocycles. The van der Waals surface area contributed by atoms with Gasteiger partial charge in [0.15, 0.2) is 5.82 Å². The minimum atomic E-state index is -0.109. The Morgan fingerprint density at radius 3 is 2.96 bits per heavy atom. The van der Waals surface area contributed by atoms with Gasteiger partial charge in [0.05, 0.1) is 7.11 Å². The molecule has 6 heteroatoms. The van der Waals surface area contributed by atoms with Crippen LogP contribution in [0.15, 0.2) is 24.3 Å². The van der Waals surface area contributed by atoms with Crippen LogP contribution in [0.3, 0.4) is 0 Å². The smallest absolute Gasteiger partial charge is 0.323 e. The molecule has 1 aromatic carbocycles. The lowest BCUT2D eigenvalue weighted by Crippen LogP contribution is -2.39. The topological polar surface area (TPSA) is 59.4 Å². The number of aryl methyl sites for hydroxylation is 1. The molecule has 1 unspecified atom stereocenters. The van der Waals surface area contributed by atoms with E-state index in [2.05, 4.69) is 30.3 Å². The van der Waals surface area contributed by atoms with Gasteiger partial charge >= 0.3 is 6.03 Å². The van der Waals surface area contributed by atoms with Crippen molar-refractivity contribution in [2.45, 2.75) is 46.2 Å². The van der Waals surface area contributed by atoms with Crippen molar-refractivity contribution in [1.82, 2.24) is 14.7 Å². The van der Waals surface area contributed by atoms with E-state index in [9.17, 15) is 4.79 Å². The number of amides is 2. The predicted octanol–water partition coefficient (Wildman–Crippen LogP) is 3.76. The molecule has 1 aliphatic rings. The third-order valence-electron chi connectivity index (χ3n) is 4.90. The van der Waals surface area contributed by atoms with E-state index >= 15 is 0 Å². The molecule has 6 nitrogen and oxygen atoms in total. The molecule has 3 rings (SSSR count). The van der Waals surface area contributed by atoms with Crippen LogP contribution in [0.25, 0.3) is 0 Å². The first-order chi connectivity index (χ1) is 12.0. The number of anilines is 1. The van der Waals surface area contributed by atoms with Gasteiger partial charge in [-0.05, 0) is 38.3 Å². The van der Waals surface area contributed by atoms with E-state index in [0.717, 1.165) is 29.8 Å². The number of methoxy groups -OCH3 is 1. The van der Waals surface area contributed by atoms with Gasteiger partial charge in [-0.3, -0.25) is 10.00 Å². The molecular weight excluding hydrogens is 316 g/mol. The fraction of sp³-hybridized carbons (Fsp3) is 0.474. The van der Waals surface area contributed by atoms with Crippen LogP contribution in [0.4, 0.5) is 10.6 Å². The summed E-state index contributed by atoms with van der Waals surface area (Å²) < 4.78 is 7.39. The van der Waals surface area contributed by atoms with Crippen molar-refractivity contribution in [3.8, 4) is 5.75 Å². The Hall–Kier alpha value is -2.50. The highest BCUT2D eigenvalue weighted by atomic mass is 16.5. The van der Waals surface area contributed by atoms with Gasteiger partial charge in [0, 0.05) is 36.5 Å². The molecule has 0 fully saturated rings. The van der Waals surface area contributed by atoms with Crippen LogP contribution >= 0.6 is 0 Å². The van der Waals surface area contributed by atoms with Crippen LogP contribution in [0.5, 0.6) is 5.75 Å². The van der Waals surface area contributed by atoms with E-state index in [-0.39, 0.29) is 6.03 Å². The van der Waals surface area contributed by atoms with E-state index in [1.165, 1.54) is 5.56 Å². The van der Waals surface area contributed by atoms with Crippen LogP contribution in [-0.2, 0) is 13.0 Å². The van der Waals surface area contributed by atoms with Crippen molar-refractivity contribution in [2.75, 3.05) is 19.0 Å². The molecule has 0 aliphatic carbocycles. The van der Waals surface area contributed by atoms with Crippen LogP contribution in [-0.4, -0.2) is 34.4 Å². The Morgan fingerprint density at radius 1 is 1.44 bits per heavy atom. The average molecular weight is 342 g/mol. The van der Waals surface area contributed by atoms with Crippen molar-refractivity contribution in [2.24, 2.45) is 0 Å². The largest absolute Gasteiger partial charge is 0.496 e. The van der Waals surface area contributed by atoms with Gasteiger partial charge in [-0.1, -0.05) is 19.1 Å². The number of aromatic nitrogens is 2. The van der Waals surface area contributed by atoms with E-state index in [4.69, 9.17) is 4.74 Å². The second kappa shape index (κ2) is 7.17. The first-order valence-corrected chi connectivity index (χ1v) is 8.80. The van der Waals surface area contributed by atoms with Gasteiger partial charge in [-0.25, -0.2) is 4.79 Å². The number of benzene rings is 1. The van der Waals surface area contributed by atoms with Crippen molar-refractivity contribution < 1.29 is 9.53 Å². The summed E-state index contributed by atoms with van der Waals surface area (Å²) in [6.45, 7) is 7.52. The maximum absolute atomic E-state index is 12.6. The highest BCUT2D eigenvalue weighted by molar-refractivity contribution is 5.88. The summed E-state index contributed by atoms with van der Waals surface area (Å²) in [5.41, 5.74) is 3.39. The lowest BCUT2D eigenvalue weighted by molar-refractivity contribution is 0.205. The Labute approximate surface area is 148 Å². The molecule has 25 heavy (non-hydrogen) atoms. The Balaban J connectivity index is 1.70. The summed E-state index contributed by atoms with van der Waals surface area (Å²) in [4.78, 5) is 14.4. The van der Waals surface area contributed by atoms with E-state index in [1.807, 2.05) is 34.7 Å². The standard InChI is InChI=1S/C19H26N4O2/c1-5-13(2)23-14(3)11-18(21-23)20-19(24)22-10-9-16-15(12-22)7-6-8-17(16)25-4/h6-8,11,13H,5,9-10,12H2,1-4H3,(H,20,21,24). The normalized spacial score (nSPS) is 14.8. The molecule has 134 valence electrons. The summed E-state index contributed by atoms with van der Waals surface area (Å²) in [6, 6.07) is 8.13. The quantitative estimate of drug-likeness (QED) is 0.920. The number of rotatable bonds is 4. The van der Waals surface area contributed by atoms with E-state index in [0.29, 0.717) is 24.9 Å². The summed E-state index contributed by atoms with van der Waals surface area (Å²) in [6.07, 6.45) is 1.80. The van der Waals surface area contributed by atoms with Crippen LogP contribution in [0, 0.1) is 6.92 Å². The van der Waals surface area contributed by atoms with Gasteiger partial charge in [0.1, 0.15) is 5.75 Å². The Kier molecular flexibility index (Phi) is 4.97. The molecule has 1 atom stereocenters. The Bertz CT molecular complexity index is 769. The monoisotopic (exact) mass is 342 g/mol. The maximum Gasteiger partial charge on any atom is 0.323 e. The first kappa shape index (κ1) is 17.3. The van der Waals surface area contributed by atoms with Crippen LogP contribution in [0.2, 0.25) is 0 Å². The number of carbonyl (C=O) groups excluding carboxylic acids is 1. The number of nitrogens with zero attached hydrogens (tertiary/aromatic N) is 3.